The summed E-state index contributed by atoms with van der Waals surface area (Å²) in [6.45, 7) is 6.58. The van der Waals surface area contributed by atoms with E-state index in [1.165, 1.54) is 0 Å². The average Bonchev–Trinajstić information content (AvgIpc) is 2.36. The van der Waals surface area contributed by atoms with Gasteiger partial charge in [0, 0.05) is 25.6 Å². The summed E-state index contributed by atoms with van der Waals surface area (Å²) >= 11 is 0. The van der Waals surface area contributed by atoms with Gasteiger partial charge >= 0.3 is 0 Å². The van der Waals surface area contributed by atoms with Crippen LogP contribution in [-0.4, -0.2) is 48.5 Å². The van der Waals surface area contributed by atoms with Gasteiger partial charge in [-0.3, -0.25) is 0 Å². The number of aliphatic hydroxyl groups is 1. The number of nitrogens with one attached hydrogen (secondary N) is 2. The van der Waals surface area contributed by atoms with E-state index in [1.807, 2.05) is 13.1 Å². The molecule has 6 heteroatoms. The van der Waals surface area contributed by atoms with Crippen LogP contribution in [0.2, 0.25) is 0 Å². The molecule has 0 radical (unpaired) electrons. The van der Waals surface area contributed by atoms with Gasteiger partial charge in [-0.05, 0) is 0 Å². The third kappa shape index (κ3) is 4.65. The molecule has 0 aliphatic heterocycles. The first-order chi connectivity index (χ1) is 8.90. The van der Waals surface area contributed by atoms with Gasteiger partial charge < -0.3 is 20.5 Å². The van der Waals surface area contributed by atoms with Crippen LogP contribution in [0.1, 0.15) is 26.6 Å². The minimum Gasteiger partial charge on any atom is -0.394 e. The van der Waals surface area contributed by atoms with Crippen LogP contribution in [0.15, 0.2) is 6.07 Å². The van der Waals surface area contributed by atoms with Crippen molar-refractivity contribution in [2.75, 3.05) is 38.0 Å². The van der Waals surface area contributed by atoms with E-state index in [0.29, 0.717) is 12.4 Å². The van der Waals surface area contributed by atoms with Gasteiger partial charge in [-0.25, -0.2) is 9.97 Å². The van der Waals surface area contributed by atoms with Crippen LogP contribution in [0.5, 0.6) is 0 Å². The summed E-state index contributed by atoms with van der Waals surface area (Å²) in [6.07, 6.45) is 0. The van der Waals surface area contributed by atoms with Gasteiger partial charge in [0.2, 0.25) is 0 Å². The standard InChI is InChI=1S/C13H24N4O2/c1-13(2,3)12-16-10(14-4)6-11(17-12)15-9(7-18)8-19-5/h6,9,18H,7-8H2,1-5H3,(H2,14,15,16,17). The smallest absolute Gasteiger partial charge is 0.138 e. The number of methoxy groups -OCH3 is 1. The Morgan fingerprint density at radius 2 is 1.95 bits per heavy atom. The molecule has 1 rings (SSSR count). The molecule has 1 unspecified atom stereocenters. The lowest BCUT2D eigenvalue weighted by molar-refractivity contribution is 0.153. The van der Waals surface area contributed by atoms with E-state index >= 15 is 0 Å². The van der Waals surface area contributed by atoms with E-state index in [-0.39, 0.29) is 18.1 Å². The van der Waals surface area contributed by atoms with Gasteiger partial charge in [0.25, 0.3) is 0 Å². The monoisotopic (exact) mass is 268 g/mol. The lowest BCUT2D eigenvalue weighted by atomic mass is 9.96. The number of hydrogen-bond acceptors (Lipinski definition) is 6. The summed E-state index contributed by atoms with van der Waals surface area (Å²) in [7, 11) is 3.42. The van der Waals surface area contributed by atoms with Crippen LogP contribution >= 0.6 is 0 Å². The minimum atomic E-state index is -0.183. The van der Waals surface area contributed by atoms with E-state index in [1.54, 1.807) is 7.11 Å². The van der Waals surface area contributed by atoms with Gasteiger partial charge in [-0.1, -0.05) is 20.8 Å². The number of aliphatic hydroxyl groups excluding tert-OH is 1. The normalized spacial score (nSPS) is 13.2. The molecular formula is C13H24N4O2. The van der Waals surface area contributed by atoms with Crippen LogP contribution in [0, 0.1) is 0 Å². The zero-order chi connectivity index (χ0) is 14.5. The van der Waals surface area contributed by atoms with E-state index in [0.717, 1.165) is 11.6 Å². The molecule has 0 saturated carbocycles. The summed E-state index contributed by atoms with van der Waals surface area (Å²) in [5.74, 6) is 2.17. The van der Waals surface area contributed by atoms with Crippen molar-refractivity contribution in [2.24, 2.45) is 0 Å². The minimum absolute atomic E-state index is 0.0163. The largest absolute Gasteiger partial charge is 0.394 e. The lowest BCUT2D eigenvalue weighted by Crippen LogP contribution is -2.30. The van der Waals surface area contributed by atoms with Crippen molar-refractivity contribution in [1.82, 2.24) is 9.97 Å². The molecule has 0 fully saturated rings. The van der Waals surface area contributed by atoms with Crippen molar-refractivity contribution < 1.29 is 9.84 Å². The van der Waals surface area contributed by atoms with Crippen molar-refractivity contribution >= 4 is 11.6 Å². The summed E-state index contributed by atoms with van der Waals surface area (Å²) < 4.78 is 5.04. The fraction of sp³-hybridized carbons (Fsp3) is 0.692. The topological polar surface area (TPSA) is 79.3 Å². The Morgan fingerprint density at radius 1 is 1.32 bits per heavy atom. The molecule has 1 aromatic heterocycles. The fourth-order valence-corrected chi connectivity index (χ4v) is 1.53. The van der Waals surface area contributed by atoms with Crippen molar-refractivity contribution in [3.63, 3.8) is 0 Å². The predicted molar refractivity (Wildman–Crippen MR) is 76.7 cm³/mol. The number of nitrogens with zero attached hydrogens (tertiary/aromatic N) is 2. The van der Waals surface area contributed by atoms with Crippen molar-refractivity contribution in [3.8, 4) is 0 Å². The molecule has 0 saturated heterocycles. The highest BCUT2D eigenvalue weighted by atomic mass is 16.5. The maximum atomic E-state index is 9.27. The second-order valence-electron chi connectivity index (χ2n) is 5.44. The number of aromatic nitrogens is 2. The highest BCUT2D eigenvalue weighted by Crippen LogP contribution is 2.22. The fourth-order valence-electron chi connectivity index (χ4n) is 1.53. The van der Waals surface area contributed by atoms with Gasteiger partial charge in [0.15, 0.2) is 0 Å². The number of anilines is 2. The van der Waals surface area contributed by atoms with E-state index in [9.17, 15) is 5.11 Å². The van der Waals surface area contributed by atoms with E-state index in [2.05, 4.69) is 41.4 Å². The number of hydrogen-bond donors (Lipinski definition) is 3. The quantitative estimate of drug-likeness (QED) is 0.720. The van der Waals surface area contributed by atoms with Crippen LogP contribution in [0.3, 0.4) is 0 Å². The molecule has 6 nitrogen and oxygen atoms in total. The van der Waals surface area contributed by atoms with E-state index < -0.39 is 0 Å². The molecule has 0 spiro atoms. The van der Waals surface area contributed by atoms with Crippen molar-refractivity contribution in [2.45, 2.75) is 32.2 Å². The molecule has 0 amide bonds. The molecule has 3 N–H and O–H groups in total. The van der Waals surface area contributed by atoms with Crippen LogP contribution in [-0.2, 0) is 10.2 Å². The highest BCUT2D eigenvalue weighted by molar-refractivity contribution is 5.48. The third-order valence-electron chi connectivity index (χ3n) is 2.59. The van der Waals surface area contributed by atoms with Gasteiger partial charge in [-0.2, -0.15) is 0 Å². The first kappa shape index (κ1) is 15.7. The number of rotatable bonds is 6. The number of ether oxygens (including phenoxy) is 1. The molecule has 1 aromatic rings. The van der Waals surface area contributed by atoms with E-state index in [4.69, 9.17) is 4.74 Å². The van der Waals surface area contributed by atoms with Crippen LogP contribution in [0.25, 0.3) is 0 Å². The zero-order valence-corrected chi connectivity index (χ0v) is 12.3. The van der Waals surface area contributed by atoms with Gasteiger partial charge in [-0.15, -0.1) is 0 Å². The predicted octanol–water partition coefficient (Wildman–Crippen LogP) is 1.23. The highest BCUT2D eigenvalue weighted by Gasteiger charge is 2.19. The van der Waals surface area contributed by atoms with Crippen molar-refractivity contribution in [1.29, 1.82) is 0 Å². The molecule has 0 bridgehead atoms. The Hall–Kier alpha value is -1.40. The molecule has 1 atom stereocenters. The molecule has 1 heterocycles. The third-order valence-corrected chi connectivity index (χ3v) is 2.59. The Kier molecular flexibility index (Phi) is 5.50. The maximum absolute atomic E-state index is 9.27. The first-order valence-corrected chi connectivity index (χ1v) is 6.34. The van der Waals surface area contributed by atoms with Crippen LogP contribution < -0.4 is 10.6 Å². The van der Waals surface area contributed by atoms with Crippen molar-refractivity contribution in [3.05, 3.63) is 11.9 Å². The second-order valence-corrected chi connectivity index (χ2v) is 5.44. The summed E-state index contributed by atoms with van der Waals surface area (Å²) in [5, 5.41) is 15.4. The molecule has 108 valence electrons. The average molecular weight is 268 g/mol. The molecule has 0 aromatic carbocycles. The summed E-state index contributed by atoms with van der Waals surface area (Å²) in [6, 6.07) is 1.63. The molecule has 0 aliphatic carbocycles. The van der Waals surface area contributed by atoms with Crippen LogP contribution in [0.4, 0.5) is 11.6 Å². The Balaban J connectivity index is 3.00. The molecular weight excluding hydrogens is 244 g/mol. The molecule has 0 aliphatic rings. The summed E-state index contributed by atoms with van der Waals surface area (Å²) in [4.78, 5) is 8.94. The Labute approximate surface area is 114 Å². The Morgan fingerprint density at radius 3 is 2.42 bits per heavy atom. The maximum Gasteiger partial charge on any atom is 0.138 e. The second kappa shape index (κ2) is 6.68. The summed E-state index contributed by atoms with van der Waals surface area (Å²) in [5.41, 5.74) is -0.140. The first-order valence-electron chi connectivity index (χ1n) is 6.34. The lowest BCUT2D eigenvalue weighted by Gasteiger charge is -2.21. The van der Waals surface area contributed by atoms with Gasteiger partial charge in [0.1, 0.15) is 17.5 Å². The zero-order valence-electron chi connectivity index (χ0n) is 12.3. The van der Waals surface area contributed by atoms with Gasteiger partial charge in [0.05, 0.1) is 19.3 Å². The Bertz CT molecular complexity index is 404. The SMILES string of the molecule is CNc1cc(NC(CO)COC)nc(C(C)(C)C)n1. The molecule has 19 heavy (non-hydrogen) atoms.